The summed E-state index contributed by atoms with van der Waals surface area (Å²) < 4.78 is 6.18. The number of ether oxygens (including phenoxy) is 1. The Morgan fingerprint density at radius 1 is 1.65 bits per heavy atom. The second-order valence-corrected chi connectivity index (χ2v) is 5.40. The van der Waals surface area contributed by atoms with Gasteiger partial charge >= 0.3 is 11.8 Å². The second kappa shape index (κ2) is 4.75. The van der Waals surface area contributed by atoms with Gasteiger partial charge in [-0.05, 0) is 11.3 Å². The van der Waals surface area contributed by atoms with Crippen LogP contribution in [0, 0.1) is 16.0 Å². The van der Waals surface area contributed by atoms with Gasteiger partial charge in [-0.1, -0.05) is 11.3 Å². The summed E-state index contributed by atoms with van der Waals surface area (Å²) in [5, 5.41) is 13.0. The highest BCUT2D eigenvalue weighted by atomic mass is 32.1. The molecular weight excluding hydrogens is 284 g/mol. The molecule has 0 radical (unpaired) electrons. The molecule has 1 saturated heterocycles. The van der Waals surface area contributed by atoms with Gasteiger partial charge < -0.3 is 19.8 Å². The van der Waals surface area contributed by atoms with Crippen molar-refractivity contribution in [2.24, 2.45) is 5.92 Å². The number of carbonyl (C=O) groups excluding carboxylic acids is 1. The Morgan fingerprint density at radius 3 is 3.15 bits per heavy atom. The Kier molecular flexibility index (Phi) is 3.05. The van der Waals surface area contributed by atoms with E-state index in [9.17, 15) is 14.9 Å². The molecule has 3 rings (SSSR count). The van der Waals surface area contributed by atoms with Gasteiger partial charge in [-0.25, -0.2) is 0 Å². The van der Waals surface area contributed by atoms with Crippen molar-refractivity contribution in [2.75, 3.05) is 25.1 Å². The van der Waals surface area contributed by atoms with Crippen LogP contribution in [-0.2, 0) is 9.53 Å². The minimum Gasteiger partial charge on any atom is -0.469 e. The molecular formula is C11H12N4O4S. The average Bonchev–Trinajstić information content (AvgIpc) is 3.10. The van der Waals surface area contributed by atoms with Crippen molar-refractivity contribution in [3.8, 4) is 0 Å². The molecule has 20 heavy (non-hydrogen) atoms. The predicted octanol–water partition coefficient (Wildman–Crippen LogP) is 1.30. The summed E-state index contributed by atoms with van der Waals surface area (Å²) >= 11 is 1.34. The number of nitrogens with zero attached hydrogens (tertiary/aromatic N) is 4. The number of rotatable bonds is 3. The van der Waals surface area contributed by atoms with Crippen LogP contribution in [0.5, 0.6) is 0 Å². The van der Waals surface area contributed by atoms with Crippen molar-refractivity contribution in [1.29, 1.82) is 0 Å². The van der Waals surface area contributed by atoms with Gasteiger partial charge in [0.1, 0.15) is 6.20 Å². The zero-order valence-corrected chi connectivity index (χ0v) is 11.5. The van der Waals surface area contributed by atoms with Gasteiger partial charge in [-0.15, -0.1) is 0 Å². The van der Waals surface area contributed by atoms with E-state index < -0.39 is 4.92 Å². The topological polar surface area (TPSA) is 90.0 Å². The molecule has 1 aliphatic heterocycles. The number of hydrogen-bond acceptors (Lipinski definition) is 7. The quantitative estimate of drug-likeness (QED) is 0.482. The lowest BCUT2D eigenvalue weighted by molar-refractivity contribution is -0.389. The van der Waals surface area contributed by atoms with E-state index in [-0.39, 0.29) is 17.7 Å². The molecule has 1 aliphatic rings. The first-order valence-corrected chi connectivity index (χ1v) is 6.92. The van der Waals surface area contributed by atoms with Gasteiger partial charge in [-0.2, -0.15) is 9.38 Å². The summed E-state index contributed by atoms with van der Waals surface area (Å²) in [6.07, 6.45) is 2.25. The van der Waals surface area contributed by atoms with Gasteiger partial charge in [0.05, 0.1) is 13.0 Å². The Morgan fingerprint density at radius 2 is 2.45 bits per heavy atom. The van der Waals surface area contributed by atoms with E-state index in [0.29, 0.717) is 30.3 Å². The fourth-order valence-electron chi connectivity index (χ4n) is 2.46. The number of methoxy groups -OCH3 is 1. The van der Waals surface area contributed by atoms with Crippen LogP contribution in [-0.4, -0.2) is 40.5 Å². The van der Waals surface area contributed by atoms with E-state index in [2.05, 4.69) is 4.98 Å². The lowest BCUT2D eigenvalue weighted by atomic mass is 10.1. The number of hydrogen-bond donors (Lipinski definition) is 0. The second-order valence-electron chi connectivity index (χ2n) is 4.53. The summed E-state index contributed by atoms with van der Waals surface area (Å²) in [4.78, 5) is 29.0. The van der Waals surface area contributed by atoms with Crippen LogP contribution in [0.2, 0.25) is 0 Å². The molecule has 106 valence electrons. The third-order valence-corrected chi connectivity index (χ3v) is 4.17. The van der Waals surface area contributed by atoms with Crippen molar-refractivity contribution in [1.82, 2.24) is 9.38 Å². The van der Waals surface area contributed by atoms with Crippen LogP contribution in [0.15, 0.2) is 11.6 Å². The minimum atomic E-state index is -0.437. The van der Waals surface area contributed by atoms with Crippen molar-refractivity contribution >= 4 is 33.9 Å². The highest BCUT2D eigenvalue weighted by molar-refractivity contribution is 7.15. The molecule has 0 aliphatic carbocycles. The fraction of sp³-hybridized carbons (Fsp3) is 0.455. The summed E-state index contributed by atoms with van der Waals surface area (Å²) in [5.41, 5.74) is 0. The molecule has 0 N–H and O–H groups in total. The van der Waals surface area contributed by atoms with E-state index in [1.165, 1.54) is 22.8 Å². The van der Waals surface area contributed by atoms with E-state index >= 15 is 0 Å². The van der Waals surface area contributed by atoms with Gasteiger partial charge in [-0.3, -0.25) is 4.79 Å². The Balaban J connectivity index is 1.95. The smallest absolute Gasteiger partial charge is 0.373 e. The first-order valence-electron chi connectivity index (χ1n) is 6.04. The van der Waals surface area contributed by atoms with Crippen molar-refractivity contribution in [3.05, 3.63) is 21.7 Å². The molecule has 8 nitrogen and oxygen atoms in total. The lowest BCUT2D eigenvalue weighted by Crippen LogP contribution is -2.24. The molecule has 0 amide bonds. The maximum Gasteiger partial charge on any atom is 0.373 e. The average molecular weight is 296 g/mol. The Labute approximate surface area is 117 Å². The number of anilines is 1. The highest BCUT2D eigenvalue weighted by Gasteiger charge is 2.35. The zero-order chi connectivity index (χ0) is 14.3. The first-order chi connectivity index (χ1) is 9.61. The van der Waals surface area contributed by atoms with E-state index in [0.717, 1.165) is 0 Å². The summed E-state index contributed by atoms with van der Waals surface area (Å²) in [5.74, 6) is -0.254. The molecule has 9 heteroatoms. The predicted molar refractivity (Wildman–Crippen MR) is 72.1 cm³/mol. The van der Waals surface area contributed by atoms with Crippen LogP contribution in [0.4, 0.5) is 11.6 Å². The summed E-state index contributed by atoms with van der Waals surface area (Å²) in [6.45, 7) is 0.962. The van der Waals surface area contributed by atoms with Crippen molar-refractivity contribution in [2.45, 2.75) is 6.42 Å². The standard InChI is InChI=1S/C11H12N4O4S/c1-19-10(16)7-2-3-13(6-7)8-9(15(17)18)14-4-5-20-11(14)12-8/h4-5,7H,2-3,6H2,1H3. The monoisotopic (exact) mass is 296 g/mol. The van der Waals surface area contributed by atoms with Crippen LogP contribution in [0.25, 0.3) is 4.96 Å². The van der Waals surface area contributed by atoms with Crippen molar-refractivity contribution < 1.29 is 14.5 Å². The minimum absolute atomic E-state index is 0.0493. The number of aromatic nitrogens is 2. The highest BCUT2D eigenvalue weighted by Crippen LogP contribution is 2.34. The maximum atomic E-state index is 11.5. The molecule has 1 unspecified atom stereocenters. The number of esters is 1. The van der Waals surface area contributed by atoms with Crippen LogP contribution >= 0.6 is 11.3 Å². The molecule has 0 bridgehead atoms. The van der Waals surface area contributed by atoms with Crippen LogP contribution in [0.1, 0.15) is 6.42 Å². The zero-order valence-electron chi connectivity index (χ0n) is 10.7. The third-order valence-electron chi connectivity index (χ3n) is 3.41. The molecule has 0 saturated carbocycles. The molecule has 3 heterocycles. The molecule has 1 fully saturated rings. The normalized spacial score (nSPS) is 18.6. The number of carbonyl (C=O) groups is 1. The largest absolute Gasteiger partial charge is 0.469 e. The first kappa shape index (κ1) is 12.9. The van der Waals surface area contributed by atoms with E-state index in [1.807, 2.05) is 0 Å². The Hall–Kier alpha value is -2.16. The van der Waals surface area contributed by atoms with Gasteiger partial charge in [0, 0.05) is 18.5 Å². The third kappa shape index (κ3) is 1.90. The van der Waals surface area contributed by atoms with Gasteiger partial charge in [0.25, 0.3) is 4.96 Å². The molecule has 1 atom stereocenters. The Bertz CT molecular complexity index is 679. The molecule has 2 aromatic heterocycles. The van der Waals surface area contributed by atoms with E-state index in [4.69, 9.17) is 4.74 Å². The van der Waals surface area contributed by atoms with Crippen LogP contribution < -0.4 is 4.90 Å². The SMILES string of the molecule is COC(=O)C1CCN(c2nc3sccn3c2[N+](=O)[O-])C1. The number of fused-ring (bicyclic) bond motifs is 1. The van der Waals surface area contributed by atoms with Gasteiger partial charge in [0.15, 0.2) is 0 Å². The van der Waals surface area contributed by atoms with Crippen LogP contribution in [0.3, 0.4) is 0 Å². The fourth-order valence-corrected chi connectivity index (χ4v) is 3.16. The lowest BCUT2D eigenvalue weighted by Gasteiger charge is -2.14. The molecule has 0 spiro atoms. The van der Waals surface area contributed by atoms with Gasteiger partial charge in [0.2, 0.25) is 5.82 Å². The number of imidazole rings is 1. The van der Waals surface area contributed by atoms with E-state index in [1.54, 1.807) is 16.5 Å². The number of thiazole rings is 1. The summed E-state index contributed by atoms with van der Waals surface area (Å²) in [7, 11) is 1.35. The number of nitro groups is 1. The molecule has 2 aromatic rings. The summed E-state index contributed by atoms with van der Waals surface area (Å²) in [6, 6.07) is 0. The van der Waals surface area contributed by atoms with Crippen molar-refractivity contribution in [3.63, 3.8) is 0 Å². The molecule has 0 aromatic carbocycles. The maximum absolute atomic E-state index is 11.5.